The molecule has 3 rings (SSSR count). The molecule has 0 aromatic heterocycles. The van der Waals surface area contributed by atoms with Gasteiger partial charge in [0.15, 0.2) is 0 Å². The average molecular weight is 152 g/mol. The topological polar surface area (TPSA) is 15.3 Å². The predicted molar refractivity (Wildman–Crippen MR) is 44.5 cm³/mol. The highest BCUT2D eigenvalue weighted by atomic mass is 15.3. The maximum atomic E-state index is 3.42. The second-order valence-electron chi connectivity index (χ2n) is 4.34. The van der Waals surface area contributed by atoms with E-state index in [1.165, 1.54) is 25.7 Å². The molecule has 3 aliphatic heterocycles. The van der Waals surface area contributed by atoms with Crippen molar-refractivity contribution in [3.63, 3.8) is 0 Å². The molecule has 11 heavy (non-hydrogen) atoms. The lowest BCUT2D eigenvalue weighted by molar-refractivity contribution is -0.150. The van der Waals surface area contributed by atoms with Gasteiger partial charge in [0.05, 0.1) is 0 Å². The summed E-state index contributed by atoms with van der Waals surface area (Å²) in [5.74, 6) is 0. The maximum Gasteiger partial charge on any atom is 0.0131 e. The third kappa shape index (κ3) is 0.695. The van der Waals surface area contributed by atoms with Crippen LogP contribution in [0.25, 0.3) is 0 Å². The van der Waals surface area contributed by atoms with Gasteiger partial charge in [-0.05, 0) is 32.7 Å². The molecule has 62 valence electrons. The Hall–Kier alpha value is -0.0800. The van der Waals surface area contributed by atoms with E-state index in [-0.39, 0.29) is 0 Å². The van der Waals surface area contributed by atoms with Gasteiger partial charge < -0.3 is 5.32 Å². The van der Waals surface area contributed by atoms with Crippen molar-refractivity contribution < 1.29 is 0 Å². The van der Waals surface area contributed by atoms with Gasteiger partial charge in [-0.2, -0.15) is 0 Å². The van der Waals surface area contributed by atoms with E-state index in [1.54, 1.807) is 0 Å². The summed E-state index contributed by atoms with van der Waals surface area (Å²) >= 11 is 0. The number of rotatable bonds is 1. The van der Waals surface area contributed by atoms with Crippen molar-refractivity contribution in [3.8, 4) is 0 Å². The van der Waals surface area contributed by atoms with Gasteiger partial charge in [-0.1, -0.05) is 0 Å². The molecule has 0 saturated carbocycles. The highest BCUT2D eigenvalue weighted by Crippen LogP contribution is 2.48. The van der Waals surface area contributed by atoms with E-state index in [2.05, 4.69) is 17.3 Å². The summed E-state index contributed by atoms with van der Waals surface area (Å²) in [4.78, 5) is 2.74. The van der Waals surface area contributed by atoms with Crippen molar-refractivity contribution in [2.75, 3.05) is 7.05 Å². The van der Waals surface area contributed by atoms with Crippen molar-refractivity contribution in [1.29, 1.82) is 0 Å². The second kappa shape index (κ2) is 1.99. The molecular weight excluding hydrogens is 136 g/mol. The van der Waals surface area contributed by atoms with Gasteiger partial charge in [0, 0.05) is 24.2 Å². The Morgan fingerprint density at radius 2 is 1.55 bits per heavy atom. The molecule has 3 aliphatic rings. The van der Waals surface area contributed by atoms with E-state index in [1.807, 2.05) is 0 Å². The molecule has 2 unspecified atom stereocenters. The van der Waals surface area contributed by atoms with Crippen LogP contribution in [-0.4, -0.2) is 36.1 Å². The molecule has 2 heteroatoms. The minimum absolute atomic E-state index is 0.822. The molecule has 3 heterocycles. The summed E-state index contributed by atoms with van der Waals surface area (Å²) in [6.45, 7) is 0. The number of nitrogens with one attached hydrogen (secondary N) is 1. The normalized spacial score (nSPS) is 54.3. The summed E-state index contributed by atoms with van der Waals surface area (Å²) in [6.07, 6.45) is 5.80. The minimum Gasteiger partial charge on any atom is -0.317 e. The van der Waals surface area contributed by atoms with Gasteiger partial charge in [0.25, 0.3) is 0 Å². The molecule has 0 aliphatic carbocycles. The molecule has 0 bridgehead atoms. The lowest BCUT2D eigenvalue weighted by Crippen LogP contribution is -2.73. The Kier molecular flexibility index (Phi) is 1.16. The van der Waals surface area contributed by atoms with Crippen molar-refractivity contribution in [2.24, 2.45) is 0 Å². The zero-order valence-electron chi connectivity index (χ0n) is 7.09. The molecule has 1 N–H and O–H groups in total. The van der Waals surface area contributed by atoms with Crippen molar-refractivity contribution in [1.82, 2.24) is 10.2 Å². The van der Waals surface area contributed by atoms with E-state index in [9.17, 15) is 0 Å². The zero-order valence-corrected chi connectivity index (χ0v) is 7.09. The third-order valence-corrected chi connectivity index (χ3v) is 3.87. The number of hydrogen-bond donors (Lipinski definition) is 1. The van der Waals surface area contributed by atoms with Crippen LogP contribution in [0.3, 0.4) is 0 Å². The summed E-state index contributed by atoms with van der Waals surface area (Å²) in [5.41, 5.74) is 0. The fraction of sp³-hybridized carbons (Fsp3) is 1.00. The SMILES string of the molecule is CNC1C[C@@H]2CC3C[C@H](C1)N32. The first-order valence-electron chi connectivity index (χ1n) is 4.83. The molecule has 0 radical (unpaired) electrons. The summed E-state index contributed by atoms with van der Waals surface area (Å²) in [5, 5.41) is 3.42. The van der Waals surface area contributed by atoms with Crippen LogP contribution in [0.1, 0.15) is 25.7 Å². The van der Waals surface area contributed by atoms with Crippen LogP contribution < -0.4 is 5.32 Å². The largest absolute Gasteiger partial charge is 0.317 e. The van der Waals surface area contributed by atoms with Gasteiger partial charge in [-0.25, -0.2) is 0 Å². The van der Waals surface area contributed by atoms with E-state index in [4.69, 9.17) is 0 Å². The predicted octanol–water partition coefficient (Wildman–Crippen LogP) is 0.583. The Labute approximate surface area is 68.0 Å². The summed E-state index contributed by atoms with van der Waals surface area (Å²) < 4.78 is 0. The van der Waals surface area contributed by atoms with Gasteiger partial charge in [0.1, 0.15) is 0 Å². The summed E-state index contributed by atoms with van der Waals surface area (Å²) in [7, 11) is 2.11. The molecule has 2 nitrogen and oxygen atoms in total. The van der Waals surface area contributed by atoms with Gasteiger partial charge in [-0.3, -0.25) is 4.90 Å². The minimum atomic E-state index is 0.822. The average Bonchev–Trinajstić information content (AvgIpc) is 1.92. The Morgan fingerprint density at radius 1 is 1.00 bits per heavy atom. The van der Waals surface area contributed by atoms with E-state index in [0.29, 0.717) is 0 Å². The maximum absolute atomic E-state index is 3.42. The zero-order chi connectivity index (χ0) is 7.42. The highest BCUT2D eigenvalue weighted by Gasteiger charge is 2.54. The van der Waals surface area contributed by atoms with Crippen LogP contribution in [0.5, 0.6) is 0 Å². The lowest BCUT2D eigenvalue weighted by atomic mass is 9.68. The molecule has 0 aromatic carbocycles. The smallest absolute Gasteiger partial charge is 0.0131 e. The van der Waals surface area contributed by atoms with Crippen LogP contribution in [0.2, 0.25) is 0 Å². The Bertz CT molecular complexity index is 164. The molecule has 0 spiro atoms. The van der Waals surface area contributed by atoms with E-state index < -0.39 is 0 Å². The fourth-order valence-corrected chi connectivity index (χ4v) is 3.25. The molecule has 0 aromatic rings. The van der Waals surface area contributed by atoms with Crippen molar-refractivity contribution >= 4 is 0 Å². The van der Waals surface area contributed by atoms with Crippen LogP contribution in [0.4, 0.5) is 0 Å². The Morgan fingerprint density at radius 3 is 2.00 bits per heavy atom. The quantitative estimate of drug-likeness (QED) is 0.591. The molecular formula is C9H16N2. The highest BCUT2D eigenvalue weighted by molar-refractivity contribution is 5.11. The monoisotopic (exact) mass is 152 g/mol. The fourth-order valence-electron chi connectivity index (χ4n) is 3.25. The van der Waals surface area contributed by atoms with Crippen molar-refractivity contribution in [3.05, 3.63) is 0 Å². The van der Waals surface area contributed by atoms with E-state index in [0.717, 1.165) is 24.2 Å². The molecule has 4 atom stereocenters. The second-order valence-corrected chi connectivity index (χ2v) is 4.34. The van der Waals surface area contributed by atoms with Gasteiger partial charge in [0.2, 0.25) is 0 Å². The van der Waals surface area contributed by atoms with E-state index >= 15 is 0 Å². The van der Waals surface area contributed by atoms with Gasteiger partial charge >= 0.3 is 0 Å². The lowest BCUT2D eigenvalue weighted by Gasteiger charge is -2.66. The van der Waals surface area contributed by atoms with Crippen LogP contribution >= 0.6 is 0 Å². The Balaban J connectivity index is 1.72. The first kappa shape index (κ1) is 6.44. The van der Waals surface area contributed by atoms with Crippen LogP contribution in [0.15, 0.2) is 0 Å². The molecule has 0 amide bonds. The molecule has 3 saturated heterocycles. The first-order chi connectivity index (χ1) is 5.38. The van der Waals surface area contributed by atoms with Gasteiger partial charge in [-0.15, -0.1) is 0 Å². The first-order valence-corrected chi connectivity index (χ1v) is 4.83. The summed E-state index contributed by atoms with van der Waals surface area (Å²) in [6, 6.07) is 3.76. The number of nitrogens with zero attached hydrogens (tertiary/aromatic N) is 1. The van der Waals surface area contributed by atoms with Crippen molar-refractivity contribution in [2.45, 2.75) is 49.9 Å². The van der Waals surface area contributed by atoms with Crippen LogP contribution in [0, 0.1) is 0 Å². The number of hydrogen-bond acceptors (Lipinski definition) is 2. The number of piperidine rings is 2. The molecule has 3 fully saturated rings. The third-order valence-electron chi connectivity index (χ3n) is 3.87. The van der Waals surface area contributed by atoms with Crippen LogP contribution in [-0.2, 0) is 0 Å². The standard InChI is InChI=1S/C9H16N2/c1-10-6-2-7-4-9-5-8(3-6)11(7)9/h6-10H,2-5H2,1H3/t6?,7-,8+,9?.